The second-order valence-electron chi connectivity index (χ2n) is 11.2. The van der Waals surface area contributed by atoms with Gasteiger partial charge in [0.1, 0.15) is 6.04 Å². The van der Waals surface area contributed by atoms with Crippen LogP contribution >= 0.6 is 0 Å². The summed E-state index contributed by atoms with van der Waals surface area (Å²) >= 11 is 0. The maximum Gasteiger partial charge on any atom is 0.326 e. The van der Waals surface area contributed by atoms with Crippen molar-refractivity contribution in [2.45, 2.75) is 77.5 Å². The van der Waals surface area contributed by atoms with Crippen LogP contribution in [0.4, 0.5) is 0 Å². The molecule has 7 nitrogen and oxygen atoms in total. The molecule has 0 bridgehead atoms. The van der Waals surface area contributed by atoms with Crippen molar-refractivity contribution in [2.24, 2.45) is 17.3 Å². The van der Waals surface area contributed by atoms with Gasteiger partial charge in [-0.3, -0.25) is 4.79 Å². The van der Waals surface area contributed by atoms with Crippen LogP contribution in [-0.4, -0.2) is 46.1 Å². The van der Waals surface area contributed by atoms with Crippen LogP contribution in [0.15, 0.2) is 48.7 Å². The van der Waals surface area contributed by atoms with Crippen LogP contribution in [0.25, 0.3) is 0 Å². The SMILES string of the molecule is COc1ncccc1CNC1C(c2ccccc2)N(C(=O)C2CCCCC2)C(C(=O)O)C1C(C)(C)C. The summed E-state index contributed by atoms with van der Waals surface area (Å²) in [6.45, 7) is 6.67. The van der Waals surface area contributed by atoms with E-state index in [0.717, 1.165) is 43.2 Å². The molecule has 2 heterocycles. The van der Waals surface area contributed by atoms with E-state index in [4.69, 9.17) is 4.74 Å². The molecule has 7 heteroatoms. The number of methoxy groups -OCH3 is 1. The van der Waals surface area contributed by atoms with Crippen LogP contribution in [0.2, 0.25) is 0 Å². The highest BCUT2D eigenvalue weighted by atomic mass is 16.5. The summed E-state index contributed by atoms with van der Waals surface area (Å²) in [5.41, 5.74) is 1.48. The molecular weight excluding hydrogens is 454 g/mol. The van der Waals surface area contributed by atoms with E-state index in [1.165, 1.54) is 0 Å². The van der Waals surface area contributed by atoms with E-state index in [2.05, 4.69) is 31.1 Å². The monoisotopic (exact) mass is 493 g/mol. The number of carboxylic acids is 1. The van der Waals surface area contributed by atoms with Crippen LogP contribution < -0.4 is 10.1 Å². The lowest BCUT2D eigenvalue weighted by Crippen LogP contribution is -2.49. The third-order valence-corrected chi connectivity index (χ3v) is 7.84. The van der Waals surface area contributed by atoms with Gasteiger partial charge in [-0.25, -0.2) is 9.78 Å². The molecule has 2 aromatic rings. The zero-order chi connectivity index (χ0) is 25.9. The number of carbonyl (C=O) groups excluding carboxylic acids is 1. The average molecular weight is 494 g/mol. The Morgan fingerprint density at radius 2 is 1.78 bits per heavy atom. The lowest BCUT2D eigenvalue weighted by molar-refractivity contribution is -0.154. The molecule has 2 aliphatic rings. The zero-order valence-electron chi connectivity index (χ0n) is 21.8. The molecule has 1 aromatic carbocycles. The fraction of sp³-hybridized carbons (Fsp3) is 0.552. The molecule has 2 N–H and O–H groups in total. The highest BCUT2D eigenvalue weighted by Gasteiger charge is 2.58. The number of hydrogen-bond acceptors (Lipinski definition) is 5. The molecule has 0 spiro atoms. The molecular formula is C29H39N3O4. The third-order valence-electron chi connectivity index (χ3n) is 7.84. The number of carboxylic acid groups (broad SMARTS) is 1. The Bertz CT molecular complexity index is 1050. The molecule has 1 aliphatic heterocycles. The molecule has 4 unspecified atom stereocenters. The highest BCUT2D eigenvalue weighted by Crippen LogP contribution is 2.49. The number of rotatable bonds is 7. The topological polar surface area (TPSA) is 91.8 Å². The number of nitrogens with zero attached hydrogens (tertiary/aromatic N) is 2. The van der Waals surface area contributed by atoms with Crippen LogP contribution in [0.3, 0.4) is 0 Å². The van der Waals surface area contributed by atoms with Crippen molar-refractivity contribution in [2.75, 3.05) is 7.11 Å². The van der Waals surface area contributed by atoms with Gasteiger partial charge in [-0.1, -0.05) is 76.4 Å². The van der Waals surface area contributed by atoms with Crippen molar-refractivity contribution < 1.29 is 19.4 Å². The van der Waals surface area contributed by atoms with E-state index in [1.807, 2.05) is 42.5 Å². The van der Waals surface area contributed by atoms with Gasteiger partial charge in [0.25, 0.3) is 0 Å². The first-order chi connectivity index (χ1) is 17.2. The van der Waals surface area contributed by atoms with E-state index in [1.54, 1.807) is 18.2 Å². The summed E-state index contributed by atoms with van der Waals surface area (Å²) in [4.78, 5) is 33.0. The molecule has 2 fully saturated rings. The number of hydrogen-bond donors (Lipinski definition) is 2. The number of amides is 1. The molecule has 36 heavy (non-hydrogen) atoms. The van der Waals surface area contributed by atoms with Gasteiger partial charge in [0.2, 0.25) is 11.8 Å². The van der Waals surface area contributed by atoms with Crippen molar-refractivity contribution in [1.29, 1.82) is 0 Å². The number of nitrogens with one attached hydrogen (secondary N) is 1. The Morgan fingerprint density at radius 1 is 1.08 bits per heavy atom. The molecule has 1 saturated heterocycles. The van der Waals surface area contributed by atoms with Gasteiger partial charge in [-0.05, 0) is 29.9 Å². The Morgan fingerprint density at radius 3 is 2.39 bits per heavy atom. The van der Waals surface area contributed by atoms with Crippen molar-refractivity contribution in [3.63, 3.8) is 0 Å². The largest absolute Gasteiger partial charge is 0.481 e. The van der Waals surface area contributed by atoms with Crippen molar-refractivity contribution in [1.82, 2.24) is 15.2 Å². The van der Waals surface area contributed by atoms with Gasteiger partial charge in [-0.15, -0.1) is 0 Å². The summed E-state index contributed by atoms with van der Waals surface area (Å²) in [6, 6.07) is 12.1. The number of pyridine rings is 1. The Labute approximate surface area is 214 Å². The minimum Gasteiger partial charge on any atom is -0.481 e. The predicted molar refractivity (Wildman–Crippen MR) is 138 cm³/mol. The molecule has 1 aromatic heterocycles. The number of ether oxygens (including phenoxy) is 1. The Balaban J connectivity index is 1.80. The average Bonchev–Trinajstić information content (AvgIpc) is 3.24. The molecule has 0 radical (unpaired) electrons. The van der Waals surface area contributed by atoms with Gasteiger partial charge in [-0.2, -0.15) is 0 Å². The van der Waals surface area contributed by atoms with E-state index in [-0.39, 0.29) is 29.2 Å². The third kappa shape index (κ3) is 5.26. The second-order valence-corrected chi connectivity index (χ2v) is 11.2. The van der Waals surface area contributed by atoms with Gasteiger partial charge in [0.05, 0.1) is 13.2 Å². The first-order valence-corrected chi connectivity index (χ1v) is 13.0. The van der Waals surface area contributed by atoms with Crippen molar-refractivity contribution in [3.8, 4) is 5.88 Å². The van der Waals surface area contributed by atoms with Crippen LogP contribution in [0.1, 0.15) is 70.0 Å². The summed E-state index contributed by atoms with van der Waals surface area (Å²) in [6.07, 6.45) is 6.51. The first kappa shape index (κ1) is 26.1. The Hall–Kier alpha value is -2.93. The van der Waals surface area contributed by atoms with Gasteiger partial charge in [0, 0.05) is 36.2 Å². The number of benzene rings is 1. The lowest BCUT2D eigenvalue weighted by atomic mass is 9.72. The lowest BCUT2D eigenvalue weighted by Gasteiger charge is -2.36. The Kier molecular flexibility index (Phi) is 7.98. The zero-order valence-corrected chi connectivity index (χ0v) is 21.8. The summed E-state index contributed by atoms with van der Waals surface area (Å²) < 4.78 is 5.45. The van der Waals surface area contributed by atoms with Crippen LogP contribution in [0, 0.1) is 17.3 Å². The van der Waals surface area contributed by atoms with Gasteiger partial charge in [0.15, 0.2) is 0 Å². The van der Waals surface area contributed by atoms with Gasteiger partial charge >= 0.3 is 5.97 Å². The quantitative estimate of drug-likeness (QED) is 0.574. The summed E-state index contributed by atoms with van der Waals surface area (Å²) in [5, 5.41) is 14.2. The fourth-order valence-corrected chi connectivity index (χ4v) is 6.26. The van der Waals surface area contributed by atoms with E-state index < -0.39 is 18.1 Å². The van der Waals surface area contributed by atoms with Gasteiger partial charge < -0.3 is 20.1 Å². The van der Waals surface area contributed by atoms with E-state index >= 15 is 0 Å². The predicted octanol–water partition coefficient (Wildman–Crippen LogP) is 4.83. The van der Waals surface area contributed by atoms with Crippen molar-refractivity contribution in [3.05, 3.63) is 59.8 Å². The van der Waals surface area contributed by atoms with E-state index in [9.17, 15) is 14.7 Å². The summed E-state index contributed by atoms with van der Waals surface area (Å²) in [5.74, 6) is -0.853. The summed E-state index contributed by atoms with van der Waals surface area (Å²) in [7, 11) is 1.59. The maximum absolute atomic E-state index is 14.1. The number of aliphatic carboxylic acids is 1. The molecule has 194 valence electrons. The fourth-order valence-electron chi connectivity index (χ4n) is 6.26. The minimum atomic E-state index is -0.941. The molecule has 1 amide bonds. The highest BCUT2D eigenvalue weighted by molar-refractivity contribution is 5.87. The first-order valence-electron chi connectivity index (χ1n) is 13.0. The second kappa shape index (κ2) is 11.0. The smallest absolute Gasteiger partial charge is 0.326 e. The normalized spacial score (nSPS) is 25.1. The number of likely N-dealkylation sites (tertiary alicyclic amines) is 1. The molecule has 1 aliphatic carbocycles. The maximum atomic E-state index is 14.1. The standard InChI is InChI=1S/C29H39N3O4/c1-29(2,3)22-23(31-18-21-16-11-17-30-26(21)36-4)24(19-12-7-5-8-13-19)32(25(22)28(34)35)27(33)20-14-9-6-10-15-20/h5,7-8,11-13,16-17,20,22-25,31H,6,9-10,14-15,18H2,1-4H3,(H,34,35). The number of aromatic nitrogens is 1. The van der Waals surface area contributed by atoms with E-state index in [0.29, 0.717) is 12.4 Å². The van der Waals surface area contributed by atoms with Crippen LogP contribution in [-0.2, 0) is 16.1 Å². The van der Waals surface area contributed by atoms with Crippen molar-refractivity contribution >= 4 is 11.9 Å². The van der Waals surface area contributed by atoms with Crippen LogP contribution in [0.5, 0.6) is 5.88 Å². The molecule has 1 saturated carbocycles. The molecule has 4 rings (SSSR count). The molecule has 4 atom stereocenters. The number of carbonyl (C=O) groups is 2. The minimum absolute atomic E-state index is 0.0199.